The predicted molar refractivity (Wildman–Crippen MR) is 103 cm³/mol. The van der Waals surface area contributed by atoms with E-state index in [1.54, 1.807) is 36.4 Å². The Balaban J connectivity index is 1.61. The summed E-state index contributed by atoms with van der Waals surface area (Å²) in [5, 5.41) is 3.89. The maximum absolute atomic E-state index is 12.4. The van der Waals surface area contributed by atoms with E-state index in [2.05, 4.69) is 16.0 Å². The molecule has 0 aliphatic heterocycles. The van der Waals surface area contributed by atoms with Gasteiger partial charge in [0, 0.05) is 11.1 Å². The van der Waals surface area contributed by atoms with E-state index in [-0.39, 0.29) is 12.5 Å². The Morgan fingerprint density at radius 2 is 1.75 bits per heavy atom. The average Bonchev–Trinajstić information content (AvgIpc) is 3.02. The standard InChI is InChI=1S/C21H21N3O4/c1-13-7-4-5-10-18(13)21(26)23-22-20(25)16-8-6-9-17(11-16)27-12-19-14(2)24-28-15(19)3/h4-11H,12H2,1-3H3,(H,22,25)(H,23,26). The molecule has 0 aliphatic carbocycles. The number of hydrazine groups is 1. The Labute approximate surface area is 162 Å². The zero-order valence-electron chi connectivity index (χ0n) is 15.9. The van der Waals surface area contributed by atoms with E-state index in [1.165, 1.54) is 0 Å². The summed E-state index contributed by atoms with van der Waals surface area (Å²) >= 11 is 0. The predicted octanol–water partition coefficient (Wildman–Crippen LogP) is 3.25. The summed E-state index contributed by atoms with van der Waals surface area (Å²) in [4.78, 5) is 24.6. The lowest BCUT2D eigenvalue weighted by molar-refractivity contribution is 0.0846. The largest absolute Gasteiger partial charge is 0.489 e. The fourth-order valence-corrected chi connectivity index (χ4v) is 2.67. The first-order valence-electron chi connectivity index (χ1n) is 8.76. The first-order valence-corrected chi connectivity index (χ1v) is 8.76. The third-order valence-corrected chi connectivity index (χ3v) is 4.34. The molecule has 7 nitrogen and oxygen atoms in total. The van der Waals surface area contributed by atoms with Crippen LogP contribution in [-0.4, -0.2) is 17.0 Å². The highest BCUT2D eigenvalue weighted by atomic mass is 16.5. The first kappa shape index (κ1) is 19.2. The molecule has 3 rings (SSSR count). The van der Waals surface area contributed by atoms with Crippen LogP contribution < -0.4 is 15.6 Å². The molecule has 1 heterocycles. The molecule has 2 aromatic carbocycles. The van der Waals surface area contributed by atoms with Crippen molar-refractivity contribution in [1.82, 2.24) is 16.0 Å². The Morgan fingerprint density at radius 3 is 2.46 bits per heavy atom. The van der Waals surface area contributed by atoms with Gasteiger partial charge in [-0.2, -0.15) is 0 Å². The Bertz CT molecular complexity index is 991. The van der Waals surface area contributed by atoms with Gasteiger partial charge >= 0.3 is 0 Å². The molecular weight excluding hydrogens is 358 g/mol. The molecule has 7 heteroatoms. The molecule has 144 valence electrons. The van der Waals surface area contributed by atoms with Crippen LogP contribution >= 0.6 is 0 Å². The summed E-state index contributed by atoms with van der Waals surface area (Å²) in [5.74, 6) is 0.408. The van der Waals surface area contributed by atoms with Gasteiger partial charge in [-0.3, -0.25) is 20.4 Å². The smallest absolute Gasteiger partial charge is 0.269 e. The van der Waals surface area contributed by atoms with Crippen LogP contribution in [0.1, 0.15) is 43.3 Å². The Morgan fingerprint density at radius 1 is 1.00 bits per heavy atom. The van der Waals surface area contributed by atoms with Crippen molar-refractivity contribution in [3.63, 3.8) is 0 Å². The highest BCUT2D eigenvalue weighted by Crippen LogP contribution is 2.18. The molecule has 2 N–H and O–H groups in total. The lowest BCUT2D eigenvalue weighted by atomic mass is 10.1. The number of hydrogen-bond donors (Lipinski definition) is 2. The van der Waals surface area contributed by atoms with Gasteiger partial charge in [0.25, 0.3) is 11.8 Å². The number of benzene rings is 2. The van der Waals surface area contributed by atoms with Crippen molar-refractivity contribution in [2.75, 3.05) is 0 Å². The number of nitrogens with one attached hydrogen (secondary N) is 2. The van der Waals surface area contributed by atoms with Crippen LogP contribution in [0.4, 0.5) is 0 Å². The van der Waals surface area contributed by atoms with Crippen LogP contribution in [0.5, 0.6) is 5.75 Å². The zero-order chi connectivity index (χ0) is 20.1. The van der Waals surface area contributed by atoms with Crippen LogP contribution in [0.3, 0.4) is 0 Å². The number of ether oxygens (including phenoxy) is 1. The van der Waals surface area contributed by atoms with E-state index in [4.69, 9.17) is 9.26 Å². The van der Waals surface area contributed by atoms with Crippen molar-refractivity contribution >= 4 is 11.8 Å². The molecule has 0 saturated carbocycles. The van der Waals surface area contributed by atoms with Crippen molar-refractivity contribution in [2.45, 2.75) is 27.4 Å². The maximum Gasteiger partial charge on any atom is 0.269 e. The summed E-state index contributed by atoms with van der Waals surface area (Å²) in [6.07, 6.45) is 0. The van der Waals surface area contributed by atoms with E-state index in [0.717, 1.165) is 16.8 Å². The molecule has 0 radical (unpaired) electrons. The monoisotopic (exact) mass is 379 g/mol. The summed E-state index contributed by atoms with van der Waals surface area (Å²) in [6.45, 7) is 5.78. The number of aromatic nitrogens is 1. The topological polar surface area (TPSA) is 93.5 Å². The minimum atomic E-state index is -0.440. The van der Waals surface area contributed by atoms with Gasteiger partial charge in [0.2, 0.25) is 0 Å². The fourth-order valence-electron chi connectivity index (χ4n) is 2.67. The normalized spacial score (nSPS) is 10.4. The molecule has 0 unspecified atom stereocenters. The van der Waals surface area contributed by atoms with Crippen LogP contribution in [0, 0.1) is 20.8 Å². The van der Waals surface area contributed by atoms with Crippen LogP contribution in [0.25, 0.3) is 0 Å². The van der Waals surface area contributed by atoms with E-state index in [1.807, 2.05) is 32.9 Å². The molecule has 0 spiro atoms. The number of rotatable bonds is 5. The molecule has 0 aliphatic rings. The molecule has 0 saturated heterocycles. The van der Waals surface area contributed by atoms with Crippen molar-refractivity contribution in [3.8, 4) is 5.75 Å². The van der Waals surface area contributed by atoms with Gasteiger partial charge in [0.1, 0.15) is 18.1 Å². The van der Waals surface area contributed by atoms with Crippen molar-refractivity contribution in [3.05, 3.63) is 82.2 Å². The van der Waals surface area contributed by atoms with E-state index in [0.29, 0.717) is 22.6 Å². The van der Waals surface area contributed by atoms with Gasteiger partial charge in [-0.05, 0) is 50.6 Å². The summed E-state index contributed by atoms with van der Waals surface area (Å²) in [7, 11) is 0. The third kappa shape index (κ3) is 4.37. The SMILES string of the molecule is Cc1ccccc1C(=O)NNC(=O)c1cccc(OCc2c(C)noc2C)c1. The summed E-state index contributed by atoms with van der Waals surface area (Å²) in [5.41, 5.74) is 8.18. The second kappa shape index (κ2) is 8.39. The minimum Gasteiger partial charge on any atom is -0.489 e. The highest BCUT2D eigenvalue weighted by molar-refractivity contribution is 5.99. The second-order valence-electron chi connectivity index (χ2n) is 6.34. The zero-order valence-corrected chi connectivity index (χ0v) is 15.9. The third-order valence-electron chi connectivity index (χ3n) is 4.34. The van der Waals surface area contributed by atoms with Crippen molar-refractivity contribution in [1.29, 1.82) is 0 Å². The summed E-state index contributed by atoms with van der Waals surface area (Å²) < 4.78 is 10.9. The molecule has 28 heavy (non-hydrogen) atoms. The highest BCUT2D eigenvalue weighted by Gasteiger charge is 2.13. The van der Waals surface area contributed by atoms with Gasteiger partial charge in [0.15, 0.2) is 0 Å². The van der Waals surface area contributed by atoms with Crippen LogP contribution in [0.15, 0.2) is 53.1 Å². The fraction of sp³-hybridized carbons (Fsp3) is 0.190. The Hall–Kier alpha value is -3.61. The number of carbonyl (C=O) groups is 2. The molecule has 1 aromatic heterocycles. The molecular formula is C21H21N3O4. The average molecular weight is 379 g/mol. The quantitative estimate of drug-likeness (QED) is 0.664. The number of hydrogen-bond acceptors (Lipinski definition) is 5. The van der Waals surface area contributed by atoms with E-state index >= 15 is 0 Å². The first-order chi connectivity index (χ1) is 13.5. The van der Waals surface area contributed by atoms with Gasteiger partial charge in [-0.15, -0.1) is 0 Å². The molecule has 2 amide bonds. The maximum atomic E-state index is 12.4. The lowest BCUT2D eigenvalue weighted by Gasteiger charge is -2.10. The summed E-state index contributed by atoms with van der Waals surface area (Å²) in [6, 6.07) is 13.8. The lowest BCUT2D eigenvalue weighted by Crippen LogP contribution is -2.41. The van der Waals surface area contributed by atoms with Crippen LogP contribution in [0.2, 0.25) is 0 Å². The number of aryl methyl sites for hydroxylation is 3. The van der Waals surface area contributed by atoms with E-state index in [9.17, 15) is 9.59 Å². The number of amides is 2. The number of carbonyl (C=O) groups excluding carboxylic acids is 2. The molecule has 0 atom stereocenters. The molecule has 3 aromatic rings. The molecule has 0 bridgehead atoms. The Kier molecular flexibility index (Phi) is 5.74. The van der Waals surface area contributed by atoms with Gasteiger partial charge in [-0.1, -0.05) is 29.4 Å². The van der Waals surface area contributed by atoms with E-state index < -0.39 is 5.91 Å². The minimum absolute atomic E-state index is 0.288. The van der Waals surface area contributed by atoms with Crippen LogP contribution in [-0.2, 0) is 6.61 Å². The van der Waals surface area contributed by atoms with Gasteiger partial charge in [-0.25, -0.2) is 0 Å². The second-order valence-corrected chi connectivity index (χ2v) is 6.34. The molecule has 0 fully saturated rings. The number of nitrogens with zero attached hydrogens (tertiary/aromatic N) is 1. The van der Waals surface area contributed by atoms with Crippen molar-refractivity contribution in [2.24, 2.45) is 0 Å². The van der Waals surface area contributed by atoms with Crippen molar-refractivity contribution < 1.29 is 18.8 Å². The van der Waals surface area contributed by atoms with Gasteiger partial charge < -0.3 is 9.26 Å². The van der Waals surface area contributed by atoms with Gasteiger partial charge in [0.05, 0.1) is 11.3 Å².